The molecule has 0 rings (SSSR count). The van der Waals surface area contributed by atoms with Gasteiger partial charge in [-0.1, -0.05) is 64.7 Å². The summed E-state index contributed by atoms with van der Waals surface area (Å²) in [6.07, 6.45) is 15.3. The summed E-state index contributed by atoms with van der Waals surface area (Å²) in [7, 11) is 0. The summed E-state index contributed by atoms with van der Waals surface area (Å²) in [5.74, 6) is 0. The molecule has 0 saturated heterocycles. The number of hydrogen-bond donors (Lipinski definition) is 2. The fourth-order valence-corrected chi connectivity index (χ4v) is 8.99. The number of hydrogen-bond acceptors (Lipinski definition) is 31. The molecule has 0 aliphatic heterocycles. The van der Waals surface area contributed by atoms with Crippen molar-refractivity contribution in [3.8, 4) is 0 Å². The molecule has 0 saturated carbocycles. The second-order valence-corrected chi connectivity index (χ2v) is 23.3. The molecular weight excluding hydrogens is 1380 g/mol. The van der Waals surface area contributed by atoms with Crippen LogP contribution in [-0.2, 0) is 133 Å². The largest absolute Gasteiger partial charge is 0.394 e. The van der Waals surface area contributed by atoms with E-state index in [0.717, 1.165) is 32.5 Å². The molecule has 0 unspecified atom stereocenters. The SMILES string of the molecule is CCCCCCCCCCCCN(CCCOCCOCCOCCOCCOCCOCCOCCOCCOCCOCCOCCOCCOCCOCCO)CCCOCCOCCOCCOCCOCCOCCOCCOCCOCCOCCOCCOCCOCCOCCO. The van der Waals surface area contributed by atoms with Gasteiger partial charge >= 0.3 is 0 Å². The smallest absolute Gasteiger partial charge is 0.0701 e. The number of rotatable bonds is 101. The van der Waals surface area contributed by atoms with Crippen molar-refractivity contribution in [3.05, 3.63) is 0 Å². The second kappa shape index (κ2) is 101. The van der Waals surface area contributed by atoms with Crippen LogP contribution in [0, 0.1) is 0 Å². The molecule has 0 amide bonds. The highest BCUT2D eigenvalue weighted by Gasteiger charge is 2.07. The van der Waals surface area contributed by atoms with E-state index in [4.69, 9.17) is 143 Å². The van der Waals surface area contributed by atoms with Gasteiger partial charge in [0.1, 0.15) is 0 Å². The zero-order valence-electron chi connectivity index (χ0n) is 65.4. The van der Waals surface area contributed by atoms with E-state index in [1.165, 1.54) is 64.2 Å². The predicted molar refractivity (Wildman–Crippen MR) is 395 cm³/mol. The van der Waals surface area contributed by atoms with E-state index in [1.807, 2.05) is 0 Å². The van der Waals surface area contributed by atoms with Gasteiger partial charge in [-0.05, 0) is 25.8 Å². The van der Waals surface area contributed by atoms with E-state index >= 15 is 0 Å². The minimum Gasteiger partial charge on any atom is -0.394 e. The minimum atomic E-state index is 0.0175. The third-order valence-corrected chi connectivity index (χ3v) is 14.5. The molecule has 31 heteroatoms. The molecule has 0 radical (unpaired) electrons. The van der Waals surface area contributed by atoms with Crippen molar-refractivity contribution in [1.82, 2.24) is 4.90 Å². The summed E-state index contributed by atoms with van der Waals surface area (Å²) in [6, 6.07) is 0. The molecule has 0 aromatic heterocycles. The first-order chi connectivity index (χ1) is 52.3. The van der Waals surface area contributed by atoms with Crippen LogP contribution in [0.1, 0.15) is 84.0 Å². The van der Waals surface area contributed by atoms with Gasteiger partial charge < -0.3 is 148 Å². The highest BCUT2D eigenvalue weighted by Crippen LogP contribution is 2.11. The molecule has 31 nitrogen and oxygen atoms in total. The quantitative estimate of drug-likeness (QED) is 0.0795. The van der Waals surface area contributed by atoms with Crippen molar-refractivity contribution < 1.29 is 143 Å². The first-order valence-corrected chi connectivity index (χ1v) is 39.5. The van der Waals surface area contributed by atoms with Crippen LogP contribution in [0.4, 0.5) is 0 Å². The Balaban J connectivity index is 3.60. The Bertz CT molecular complexity index is 1400. The highest BCUT2D eigenvalue weighted by molar-refractivity contribution is 4.60. The van der Waals surface area contributed by atoms with Crippen molar-refractivity contribution >= 4 is 0 Å². The Hall–Kier alpha value is -1.24. The van der Waals surface area contributed by atoms with Crippen molar-refractivity contribution in [1.29, 1.82) is 0 Å². The van der Waals surface area contributed by atoms with Gasteiger partial charge in [0.15, 0.2) is 0 Å². The molecule has 2 N–H and O–H groups in total. The van der Waals surface area contributed by atoms with Crippen LogP contribution < -0.4 is 0 Å². The predicted octanol–water partition coefficient (Wildman–Crippen LogP) is 4.44. The molecule has 0 heterocycles. The summed E-state index contributed by atoms with van der Waals surface area (Å²) < 4.78 is 155. The van der Waals surface area contributed by atoms with Crippen LogP contribution in [0.15, 0.2) is 0 Å². The maximum atomic E-state index is 8.64. The van der Waals surface area contributed by atoms with Crippen LogP contribution >= 0.6 is 0 Å². The maximum absolute atomic E-state index is 8.64. The Morgan fingerprint density at radius 3 is 0.390 bits per heavy atom. The first-order valence-electron chi connectivity index (χ1n) is 39.5. The number of aliphatic hydroxyl groups is 2. The van der Waals surface area contributed by atoms with E-state index in [1.54, 1.807) is 0 Å². The Labute approximate surface area is 632 Å². The van der Waals surface area contributed by atoms with E-state index in [-0.39, 0.29) is 13.2 Å². The molecule has 0 aliphatic carbocycles. The van der Waals surface area contributed by atoms with Crippen molar-refractivity contribution in [2.24, 2.45) is 0 Å². The molecule has 0 atom stereocenters. The summed E-state index contributed by atoms with van der Waals surface area (Å²) in [6.45, 7) is 33.3. The Morgan fingerprint density at radius 1 is 0.133 bits per heavy atom. The Kier molecular flexibility index (Phi) is 99.6. The lowest BCUT2D eigenvalue weighted by Gasteiger charge is -2.22. The van der Waals surface area contributed by atoms with Crippen LogP contribution in [0.5, 0.6) is 0 Å². The lowest BCUT2D eigenvalue weighted by Crippen LogP contribution is -2.29. The summed E-state index contributed by atoms with van der Waals surface area (Å²) in [4.78, 5) is 2.57. The topological polar surface area (TPSA) is 302 Å². The molecule has 0 spiro atoms. The molecule has 0 aromatic carbocycles. The van der Waals surface area contributed by atoms with Crippen LogP contribution in [0.2, 0.25) is 0 Å². The number of nitrogens with zero attached hydrogens (tertiary/aromatic N) is 1. The van der Waals surface area contributed by atoms with Crippen LogP contribution in [0.3, 0.4) is 0 Å². The minimum absolute atomic E-state index is 0.0175. The van der Waals surface area contributed by atoms with Crippen molar-refractivity contribution in [2.75, 3.05) is 403 Å². The molecule has 0 fully saturated rings. The van der Waals surface area contributed by atoms with Gasteiger partial charge in [-0.25, -0.2) is 0 Å². The number of unbranched alkanes of at least 4 members (excludes halogenated alkanes) is 9. The van der Waals surface area contributed by atoms with Gasteiger partial charge in [0.25, 0.3) is 0 Å². The second-order valence-electron chi connectivity index (χ2n) is 23.3. The van der Waals surface area contributed by atoms with Gasteiger partial charge in [-0.15, -0.1) is 0 Å². The van der Waals surface area contributed by atoms with E-state index in [0.29, 0.717) is 370 Å². The monoisotopic (exact) mass is 1530 g/mol. The molecule has 0 aliphatic rings. The number of ether oxygens (including phenoxy) is 28. The molecule has 0 aromatic rings. The lowest BCUT2D eigenvalue weighted by atomic mass is 10.1. The fourth-order valence-electron chi connectivity index (χ4n) is 8.99. The third-order valence-electron chi connectivity index (χ3n) is 14.5. The average Bonchev–Trinajstić information content (AvgIpc) is 2.37. The maximum Gasteiger partial charge on any atom is 0.0701 e. The molecule has 632 valence electrons. The fraction of sp³-hybridized carbons (Fsp3) is 1.00. The van der Waals surface area contributed by atoms with Crippen LogP contribution in [0.25, 0.3) is 0 Å². The summed E-state index contributed by atoms with van der Waals surface area (Å²) in [5, 5.41) is 17.3. The average molecular weight is 1530 g/mol. The van der Waals surface area contributed by atoms with E-state index in [9.17, 15) is 0 Å². The number of aliphatic hydroxyl groups excluding tert-OH is 2. The first kappa shape index (κ1) is 104. The summed E-state index contributed by atoms with van der Waals surface area (Å²) in [5.41, 5.74) is 0. The summed E-state index contributed by atoms with van der Waals surface area (Å²) >= 11 is 0. The van der Waals surface area contributed by atoms with E-state index < -0.39 is 0 Å². The van der Waals surface area contributed by atoms with Crippen molar-refractivity contribution in [2.45, 2.75) is 84.0 Å². The van der Waals surface area contributed by atoms with Crippen LogP contribution in [-0.4, -0.2) is 418 Å². The molecular formula is C74H151NO30. The zero-order chi connectivity index (χ0) is 75.0. The standard InChI is InChI=1S/C74H151NO30/c1-2-3-4-5-6-7-8-9-10-11-14-75(15-12-19-78-23-27-82-31-35-86-39-43-90-47-51-94-55-59-98-63-67-102-71-73-104-69-65-100-61-57-96-53-49-92-45-41-88-37-33-84-29-25-80-21-17-76)16-13-20-79-24-28-83-32-36-87-40-44-91-48-52-95-56-60-99-64-68-103-72-74-105-70-66-101-62-58-97-54-50-93-46-42-89-38-34-85-30-26-81-22-18-77/h76-77H,2-74H2,1H3. The Morgan fingerprint density at radius 2 is 0.248 bits per heavy atom. The molecule has 105 heavy (non-hydrogen) atoms. The molecule has 0 bridgehead atoms. The van der Waals surface area contributed by atoms with E-state index in [2.05, 4.69) is 11.8 Å². The van der Waals surface area contributed by atoms with Gasteiger partial charge in [0, 0.05) is 26.3 Å². The normalized spacial score (nSPS) is 11.9. The van der Waals surface area contributed by atoms with Gasteiger partial charge in [-0.3, -0.25) is 0 Å². The zero-order valence-corrected chi connectivity index (χ0v) is 65.4. The van der Waals surface area contributed by atoms with Crippen molar-refractivity contribution in [3.63, 3.8) is 0 Å². The van der Waals surface area contributed by atoms with Gasteiger partial charge in [0.05, 0.1) is 370 Å². The lowest BCUT2D eigenvalue weighted by molar-refractivity contribution is -0.0298. The van der Waals surface area contributed by atoms with Gasteiger partial charge in [-0.2, -0.15) is 0 Å². The highest BCUT2D eigenvalue weighted by atomic mass is 16.6. The van der Waals surface area contributed by atoms with Gasteiger partial charge in [0.2, 0.25) is 0 Å². The third kappa shape index (κ3) is 98.8.